The van der Waals surface area contributed by atoms with Gasteiger partial charge in [0.2, 0.25) is 0 Å². The lowest BCUT2D eigenvalue weighted by Crippen LogP contribution is -2.23. The van der Waals surface area contributed by atoms with Gasteiger partial charge in [0.25, 0.3) is 5.91 Å². The summed E-state index contributed by atoms with van der Waals surface area (Å²) in [5, 5.41) is 5.93. The molecule has 0 aromatic heterocycles. The van der Waals surface area contributed by atoms with E-state index in [1.54, 1.807) is 7.05 Å². The van der Waals surface area contributed by atoms with Crippen molar-refractivity contribution in [3.8, 4) is 0 Å². The van der Waals surface area contributed by atoms with Gasteiger partial charge in [-0.2, -0.15) is 0 Å². The van der Waals surface area contributed by atoms with Gasteiger partial charge >= 0.3 is 0 Å². The van der Waals surface area contributed by atoms with Crippen LogP contribution in [0.2, 0.25) is 0 Å². The van der Waals surface area contributed by atoms with Crippen molar-refractivity contribution >= 4 is 27.5 Å². The molecule has 0 aliphatic rings. The first-order chi connectivity index (χ1) is 9.20. The summed E-state index contributed by atoms with van der Waals surface area (Å²) in [5.41, 5.74) is 2.55. The van der Waals surface area contributed by atoms with Crippen LogP contribution in [0.25, 0.3) is 0 Å². The molecule has 2 aromatic rings. The SMILES string of the molecule is CNc1ccccc1C(=O)NCc1ccc(Br)cc1. The Kier molecular flexibility index (Phi) is 4.58. The van der Waals surface area contributed by atoms with E-state index in [4.69, 9.17) is 0 Å². The average molecular weight is 319 g/mol. The highest BCUT2D eigenvalue weighted by Crippen LogP contribution is 2.14. The summed E-state index contributed by atoms with van der Waals surface area (Å²) in [4.78, 5) is 12.1. The third kappa shape index (κ3) is 3.58. The number of carbonyl (C=O) groups is 1. The second-order valence-electron chi connectivity index (χ2n) is 4.10. The van der Waals surface area contributed by atoms with Crippen molar-refractivity contribution < 1.29 is 4.79 Å². The van der Waals surface area contributed by atoms with Gasteiger partial charge < -0.3 is 10.6 Å². The zero-order valence-corrected chi connectivity index (χ0v) is 12.2. The molecule has 0 unspecified atom stereocenters. The Morgan fingerprint density at radius 2 is 1.79 bits per heavy atom. The van der Waals surface area contributed by atoms with E-state index in [1.165, 1.54) is 0 Å². The highest BCUT2D eigenvalue weighted by Gasteiger charge is 2.09. The molecule has 0 atom stereocenters. The molecule has 0 radical (unpaired) electrons. The highest BCUT2D eigenvalue weighted by atomic mass is 79.9. The number of hydrogen-bond acceptors (Lipinski definition) is 2. The fourth-order valence-electron chi connectivity index (χ4n) is 1.78. The Bertz CT molecular complexity index is 567. The van der Waals surface area contributed by atoms with Crippen LogP contribution in [0.5, 0.6) is 0 Å². The monoisotopic (exact) mass is 318 g/mol. The van der Waals surface area contributed by atoms with E-state index in [-0.39, 0.29) is 5.91 Å². The van der Waals surface area contributed by atoms with Crippen LogP contribution >= 0.6 is 15.9 Å². The summed E-state index contributed by atoms with van der Waals surface area (Å²) >= 11 is 3.39. The lowest BCUT2D eigenvalue weighted by atomic mass is 10.1. The number of anilines is 1. The largest absolute Gasteiger partial charge is 0.387 e. The Morgan fingerprint density at radius 1 is 1.11 bits per heavy atom. The molecule has 19 heavy (non-hydrogen) atoms. The number of hydrogen-bond donors (Lipinski definition) is 2. The smallest absolute Gasteiger partial charge is 0.253 e. The quantitative estimate of drug-likeness (QED) is 0.907. The van der Waals surface area contributed by atoms with Crippen LogP contribution in [0.4, 0.5) is 5.69 Å². The van der Waals surface area contributed by atoms with Gasteiger partial charge in [0.15, 0.2) is 0 Å². The fourth-order valence-corrected chi connectivity index (χ4v) is 2.04. The van der Waals surface area contributed by atoms with E-state index in [2.05, 4.69) is 26.6 Å². The minimum Gasteiger partial charge on any atom is -0.387 e. The molecule has 0 saturated carbocycles. The van der Waals surface area contributed by atoms with Crippen molar-refractivity contribution in [1.29, 1.82) is 0 Å². The number of carbonyl (C=O) groups excluding carboxylic acids is 1. The van der Waals surface area contributed by atoms with Crippen molar-refractivity contribution in [1.82, 2.24) is 5.32 Å². The molecule has 4 heteroatoms. The van der Waals surface area contributed by atoms with Gasteiger partial charge in [-0.3, -0.25) is 4.79 Å². The first-order valence-electron chi connectivity index (χ1n) is 6.00. The first kappa shape index (κ1) is 13.6. The predicted molar refractivity (Wildman–Crippen MR) is 81.3 cm³/mol. The average Bonchev–Trinajstić information content (AvgIpc) is 2.46. The molecule has 0 spiro atoms. The minimum atomic E-state index is -0.0760. The van der Waals surface area contributed by atoms with Gasteiger partial charge in [-0.25, -0.2) is 0 Å². The predicted octanol–water partition coefficient (Wildman–Crippen LogP) is 3.42. The maximum Gasteiger partial charge on any atom is 0.253 e. The number of benzene rings is 2. The van der Waals surface area contributed by atoms with Crippen LogP contribution < -0.4 is 10.6 Å². The zero-order chi connectivity index (χ0) is 13.7. The van der Waals surface area contributed by atoms with Crippen LogP contribution in [0.1, 0.15) is 15.9 Å². The summed E-state index contributed by atoms with van der Waals surface area (Å²) < 4.78 is 1.03. The van der Waals surface area contributed by atoms with Gasteiger partial charge in [-0.15, -0.1) is 0 Å². The topological polar surface area (TPSA) is 41.1 Å². The van der Waals surface area contributed by atoms with Gasteiger partial charge in [-0.1, -0.05) is 40.2 Å². The van der Waals surface area contributed by atoms with E-state index in [0.717, 1.165) is 15.7 Å². The summed E-state index contributed by atoms with van der Waals surface area (Å²) in [7, 11) is 1.81. The standard InChI is InChI=1S/C15H15BrN2O/c1-17-14-5-3-2-4-13(14)15(19)18-10-11-6-8-12(16)9-7-11/h2-9,17H,10H2,1H3,(H,18,19). The van der Waals surface area contributed by atoms with Crippen LogP contribution in [-0.4, -0.2) is 13.0 Å². The van der Waals surface area contributed by atoms with Crippen LogP contribution in [0.15, 0.2) is 53.0 Å². The van der Waals surface area contributed by atoms with E-state index < -0.39 is 0 Å². The molecule has 3 nitrogen and oxygen atoms in total. The van der Waals surface area contributed by atoms with Crippen LogP contribution in [0.3, 0.4) is 0 Å². The van der Waals surface area contributed by atoms with E-state index in [0.29, 0.717) is 12.1 Å². The summed E-state index contributed by atoms with van der Waals surface area (Å²) in [6.07, 6.45) is 0. The normalized spacial score (nSPS) is 10.0. The summed E-state index contributed by atoms with van der Waals surface area (Å²) in [6, 6.07) is 15.3. The molecule has 0 aliphatic heterocycles. The second-order valence-corrected chi connectivity index (χ2v) is 5.02. The first-order valence-corrected chi connectivity index (χ1v) is 6.79. The van der Waals surface area contributed by atoms with Crippen molar-refractivity contribution in [3.05, 3.63) is 64.1 Å². The summed E-state index contributed by atoms with van der Waals surface area (Å²) in [5.74, 6) is -0.0760. The van der Waals surface area contributed by atoms with E-state index >= 15 is 0 Å². The van der Waals surface area contributed by atoms with Crippen LogP contribution in [-0.2, 0) is 6.54 Å². The number of halogens is 1. The molecule has 0 bridgehead atoms. The molecular weight excluding hydrogens is 304 g/mol. The highest BCUT2D eigenvalue weighted by molar-refractivity contribution is 9.10. The fraction of sp³-hybridized carbons (Fsp3) is 0.133. The Morgan fingerprint density at radius 3 is 2.47 bits per heavy atom. The van der Waals surface area contributed by atoms with Crippen molar-refractivity contribution in [2.45, 2.75) is 6.54 Å². The molecule has 0 fully saturated rings. The number of nitrogens with one attached hydrogen (secondary N) is 2. The van der Waals surface area contributed by atoms with Gasteiger partial charge in [0.05, 0.1) is 5.56 Å². The molecule has 0 saturated heterocycles. The van der Waals surface area contributed by atoms with Crippen LogP contribution in [0, 0.1) is 0 Å². The Labute approximate surface area is 121 Å². The molecule has 0 heterocycles. The van der Waals surface area contributed by atoms with Gasteiger partial charge in [0, 0.05) is 23.8 Å². The van der Waals surface area contributed by atoms with Crippen molar-refractivity contribution in [3.63, 3.8) is 0 Å². The van der Waals surface area contributed by atoms with E-state index in [9.17, 15) is 4.79 Å². The number of para-hydroxylation sites is 1. The van der Waals surface area contributed by atoms with Gasteiger partial charge in [0.1, 0.15) is 0 Å². The second kappa shape index (κ2) is 6.38. The lowest BCUT2D eigenvalue weighted by molar-refractivity contribution is 0.0951. The number of amides is 1. The zero-order valence-electron chi connectivity index (χ0n) is 10.6. The molecule has 98 valence electrons. The molecular formula is C15H15BrN2O. The summed E-state index contributed by atoms with van der Waals surface area (Å²) in [6.45, 7) is 0.518. The third-order valence-electron chi connectivity index (χ3n) is 2.81. The maximum absolute atomic E-state index is 12.1. The lowest BCUT2D eigenvalue weighted by Gasteiger charge is -2.09. The number of rotatable bonds is 4. The molecule has 2 aromatic carbocycles. The maximum atomic E-state index is 12.1. The van der Waals surface area contributed by atoms with Crippen molar-refractivity contribution in [2.24, 2.45) is 0 Å². The van der Waals surface area contributed by atoms with E-state index in [1.807, 2.05) is 48.5 Å². The molecule has 2 N–H and O–H groups in total. The Hall–Kier alpha value is -1.81. The Balaban J connectivity index is 2.03. The third-order valence-corrected chi connectivity index (χ3v) is 3.34. The molecule has 0 aliphatic carbocycles. The molecule has 2 rings (SSSR count). The van der Waals surface area contributed by atoms with Gasteiger partial charge in [-0.05, 0) is 29.8 Å². The molecule has 1 amide bonds. The minimum absolute atomic E-state index is 0.0760. The van der Waals surface area contributed by atoms with Crippen molar-refractivity contribution in [2.75, 3.05) is 12.4 Å².